The Morgan fingerprint density at radius 1 is 1.30 bits per heavy atom. The van der Waals surface area contributed by atoms with Crippen molar-refractivity contribution in [2.75, 3.05) is 13.1 Å². The molecule has 1 saturated heterocycles. The van der Waals surface area contributed by atoms with Gasteiger partial charge in [0.05, 0.1) is 12.2 Å². The highest BCUT2D eigenvalue weighted by Gasteiger charge is 2.38. The largest absolute Gasteiger partial charge is 0.435 e. The second-order valence-electron chi connectivity index (χ2n) is 6.44. The number of alkyl halides is 3. The van der Waals surface area contributed by atoms with Crippen molar-refractivity contribution in [3.05, 3.63) is 17.5 Å². The lowest BCUT2D eigenvalue weighted by atomic mass is 10.2. The Bertz CT molecular complexity index is 585. The van der Waals surface area contributed by atoms with E-state index in [9.17, 15) is 18.0 Å². The molecule has 3 rings (SSSR count). The Kier molecular flexibility index (Phi) is 4.12. The molecular weight excluding hydrogens is 311 g/mol. The first kappa shape index (κ1) is 16.3. The molecule has 2 aliphatic rings. The van der Waals surface area contributed by atoms with Crippen LogP contribution >= 0.6 is 0 Å². The third-order valence-electron chi connectivity index (χ3n) is 4.15. The van der Waals surface area contributed by atoms with Crippen LogP contribution in [0.15, 0.2) is 6.07 Å². The quantitative estimate of drug-likeness (QED) is 0.855. The summed E-state index contributed by atoms with van der Waals surface area (Å²) in [5.74, 6) is -0.125. The average molecular weight is 331 g/mol. The monoisotopic (exact) mass is 331 g/mol. The van der Waals surface area contributed by atoms with Gasteiger partial charge < -0.3 is 9.64 Å². The van der Waals surface area contributed by atoms with E-state index in [-0.39, 0.29) is 30.6 Å². The Morgan fingerprint density at radius 3 is 2.43 bits per heavy atom. The van der Waals surface area contributed by atoms with Crippen LogP contribution in [0.1, 0.15) is 44.0 Å². The summed E-state index contributed by atoms with van der Waals surface area (Å²) in [6, 6.07) is 1.08. The minimum atomic E-state index is -4.49. The van der Waals surface area contributed by atoms with Gasteiger partial charge in [-0.1, -0.05) is 0 Å². The van der Waals surface area contributed by atoms with Crippen LogP contribution in [0.25, 0.3) is 0 Å². The van der Waals surface area contributed by atoms with E-state index >= 15 is 0 Å². The van der Waals surface area contributed by atoms with Crippen molar-refractivity contribution in [3.63, 3.8) is 0 Å². The van der Waals surface area contributed by atoms with E-state index in [1.807, 2.05) is 13.8 Å². The molecule has 1 aliphatic heterocycles. The highest BCUT2D eigenvalue weighted by Crippen LogP contribution is 2.42. The maximum Gasteiger partial charge on any atom is 0.435 e. The van der Waals surface area contributed by atoms with Crippen LogP contribution in [0.3, 0.4) is 0 Å². The summed E-state index contributed by atoms with van der Waals surface area (Å²) in [7, 11) is 0. The first-order chi connectivity index (χ1) is 10.7. The zero-order chi connectivity index (χ0) is 16.8. The van der Waals surface area contributed by atoms with E-state index in [0.717, 1.165) is 18.9 Å². The molecule has 5 nitrogen and oxygen atoms in total. The van der Waals surface area contributed by atoms with Gasteiger partial charge in [0.2, 0.25) is 5.91 Å². The van der Waals surface area contributed by atoms with Crippen molar-refractivity contribution in [1.82, 2.24) is 14.7 Å². The zero-order valence-electron chi connectivity index (χ0n) is 13.1. The molecule has 0 spiro atoms. The van der Waals surface area contributed by atoms with E-state index in [2.05, 4.69) is 5.10 Å². The SMILES string of the molecule is C[C@H]1CN(C(=O)Cn2nc(C(F)(F)F)cc2C2CC2)C[C@H](C)O1. The number of hydrogen-bond donors (Lipinski definition) is 0. The lowest BCUT2D eigenvalue weighted by Crippen LogP contribution is -2.49. The second kappa shape index (κ2) is 5.81. The van der Waals surface area contributed by atoms with Gasteiger partial charge in [0.15, 0.2) is 5.69 Å². The molecule has 1 aliphatic carbocycles. The summed E-state index contributed by atoms with van der Waals surface area (Å²) in [5, 5.41) is 3.63. The van der Waals surface area contributed by atoms with Crippen LogP contribution in [0.5, 0.6) is 0 Å². The molecule has 1 aromatic rings. The van der Waals surface area contributed by atoms with E-state index in [1.54, 1.807) is 4.90 Å². The molecule has 2 fully saturated rings. The number of aromatic nitrogens is 2. The maximum absolute atomic E-state index is 12.9. The van der Waals surface area contributed by atoms with Crippen molar-refractivity contribution in [2.24, 2.45) is 0 Å². The predicted molar refractivity (Wildman–Crippen MR) is 75.8 cm³/mol. The van der Waals surface area contributed by atoms with Gasteiger partial charge in [0.1, 0.15) is 6.54 Å². The molecular formula is C15H20F3N3O2. The number of ether oxygens (including phenoxy) is 1. The Labute approximate surface area is 132 Å². The molecule has 0 radical (unpaired) electrons. The fourth-order valence-electron chi connectivity index (χ4n) is 3.01. The molecule has 0 aromatic carbocycles. The normalized spacial score (nSPS) is 25.7. The van der Waals surface area contributed by atoms with Gasteiger partial charge >= 0.3 is 6.18 Å². The Hall–Kier alpha value is -1.57. The van der Waals surface area contributed by atoms with Crippen molar-refractivity contribution in [2.45, 2.75) is 57.5 Å². The van der Waals surface area contributed by atoms with Crippen LogP contribution < -0.4 is 0 Å². The van der Waals surface area contributed by atoms with Crippen molar-refractivity contribution in [1.29, 1.82) is 0 Å². The van der Waals surface area contributed by atoms with E-state index in [1.165, 1.54) is 4.68 Å². The molecule has 23 heavy (non-hydrogen) atoms. The number of hydrogen-bond acceptors (Lipinski definition) is 3. The lowest BCUT2D eigenvalue weighted by Gasteiger charge is -2.35. The van der Waals surface area contributed by atoms with Gasteiger partial charge in [-0.3, -0.25) is 9.48 Å². The molecule has 8 heteroatoms. The van der Waals surface area contributed by atoms with Gasteiger partial charge in [0, 0.05) is 24.7 Å². The predicted octanol–water partition coefficient (Wildman–Crippen LogP) is 2.42. The third kappa shape index (κ3) is 3.68. The number of carbonyl (C=O) groups excluding carboxylic acids is 1. The van der Waals surface area contributed by atoms with Crippen LogP contribution in [0, 0.1) is 0 Å². The summed E-state index contributed by atoms with van der Waals surface area (Å²) in [6.45, 7) is 4.51. The molecule has 1 saturated carbocycles. The summed E-state index contributed by atoms with van der Waals surface area (Å²) >= 11 is 0. The summed E-state index contributed by atoms with van der Waals surface area (Å²) in [4.78, 5) is 14.1. The molecule has 0 bridgehead atoms. The topological polar surface area (TPSA) is 47.4 Å². The molecule has 0 N–H and O–H groups in total. The smallest absolute Gasteiger partial charge is 0.372 e. The van der Waals surface area contributed by atoms with Gasteiger partial charge in [0.25, 0.3) is 0 Å². The summed E-state index contributed by atoms with van der Waals surface area (Å²) in [5.41, 5.74) is -0.407. The zero-order valence-corrected chi connectivity index (χ0v) is 13.1. The fourth-order valence-corrected chi connectivity index (χ4v) is 3.01. The number of morpholine rings is 1. The summed E-state index contributed by atoms with van der Waals surface area (Å²) in [6.07, 6.45) is -2.94. The standard InChI is InChI=1S/C15H20F3N3O2/c1-9-6-20(7-10(2)23-9)14(22)8-21-12(11-3-4-11)5-13(19-21)15(16,17)18/h5,9-11H,3-4,6-8H2,1-2H3/t9-,10-/m0/s1. The molecule has 2 atom stereocenters. The van der Waals surface area contributed by atoms with Crippen molar-refractivity contribution in [3.8, 4) is 0 Å². The first-order valence-corrected chi connectivity index (χ1v) is 7.82. The van der Waals surface area contributed by atoms with E-state index in [0.29, 0.717) is 18.8 Å². The minimum absolute atomic E-state index is 0.0750. The lowest BCUT2D eigenvalue weighted by molar-refractivity contribution is -0.145. The minimum Gasteiger partial charge on any atom is -0.372 e. The van der Waals surface area contributed by atoms with Gasteiger partial charge in [-0.25, -0.2) is 0 Å². The fraction of sp³-hybridized carbons (Fsp3) is 0.733. The summed E-state index contributed by atoms with van der Waals surface area (Å²) < 4.78 is 45.4. The number of rotatable bonds is 3. The second-order valence-corrected chi connectivity index (χ2v) is 6.44. The van der Waals surface area contributed by atoms with Crippen molar-refractivity contribution < 1.29 is 22.7 Å². The van der Waals surface area contributed by atoms with Crippen molar-refractivity contribution >= 4 is 5.91 Å². The Balaban J connectivity index is 1.76. The molecule has 1 aromatic heterocycles. The number of carbonyl (C=O) groups is 1. The maximum atomic E-state index is 12.9. The van der Waals surface area contributed by atoms with Crippen LogP contribution in [-0.4, -0.2) is 45.9 Å². The third-order valence-corrected chi connectivity index (χ3v) is 4.15. The Morgan fingerprint density at radius 2 is 1.91 bits per heavy atom. The highest BCUT2D eigenvalue weighted by molar-refractivity contribution is 5.76. The van der Waals surface area contributed by atoms with E-state index < -0.39 is 11.9 Å². The van der Waals surface area contributed by atoms with Crippen LogP contribution in [-0.2, 0) is 22.3 Å². The van der Waals surface area contributed by atoms with E-state index in [4.69, 9.17) is 4.74 Å². The van der Waals surface area contributed by atoms with Gasteiger partial charge in [-0.15, -0.1) is 0 Å². The van der Waals surface area contributed by atoms with Gasteiger partial charge in [-0.2, -0.15) is 18.3 Å². The highest BCUT2D eigenvalue weighted by atomic mass is 19.4. The number of amides is 1. The average Bonchev–Trinajstić information content (AvgIpc) is 3.17. The van der Waals surface area contributed by atoms with Crippen LogP contribution in [0.2, 0.25) is 0 Å². The molecule has 2 heterocycles. The molecule has 0 unspecified atom stereocenters. The number of halogens is 3. The molecule has 128 valence electrons. The first-order valence-electron chi connectivity index (χ1n) is 7.82. The van der Waals surface area contributed by atoms with Crippen LogP contribution in [0.4, 0.5) is 13.2 Å². The van der Waals surface area contributed by atoms with Gasteiger partial charge in [-0.05, 0) is 32.8 Å². The molecule has 1 amide bonds. The number of nitrogens with zero attached hydrogens (tertiary/aromatic N) is 3.